The van der Waals surface area contributed by atoms with Crippen molar-refractivity contribution >= 4 is 23.2 Å². The van der Waals surface area contributed by atoms with Crippen LogP contribution in [0.3, 0.4) is 0 Å². The molecule has 0 unspecified atom stereocenters. The number of hydrogen-bond donors (Lipinski definition) is 2. The lowest BCUT2D eigenvalue weighted by atomic mass is 10.2. The Morgan fingerprint density at radius 2 is 1.96 bits per heavy atom. The number of nitrogens with one attached hydrogen (secondary N) is 2. The lowest BCUT2D eigenvalue weighted by molar-refractivity contribution is -0.119. The molecule has 0 aromatic heterocycles. The van der Waals surface area contributed by atoms with Crippen molar-refractivity contribution in [3.63, 3.8) is 0 Å². The summed E-state index contributed by atoms with van der Waals surface area (Å²) in [5.41, 5.74) is 4.83. The van der Waals surface area contributed by atoms with Crippen LogP contribution in [0.15, 0.2) is 60.3 Å². The number of nitrogens with zero attached hydrogens (tertiary/aromatic N) is 1. The number of carbonyl (C=O) groups is 2. The molecule has 2 N–H and O–H groups in total. The fourth-order valence-corrected chi connectivity index (χ4v) is 2.36. The summed E-state index contributed by atoms with van der Waals surface area (Å²) in [5, 5.41) is 3.99. The molecular formula is C18H16FN3O2. The van der Waals surface area contributed by atoms with Crippen LogP contribution in [0.5, 0.6) is 0 Å². The lowest BCUT2D eigenvalue weighted by Gasteiger charge is -2.28. The molecule has 0 aliphatic carbocycles. The number of anilines is 2. The van der Waals surface area contributed by atoms with Gasteiger partial charge in [-0.2, -0.15) is 0 Å². The highest BCUT2D eigenvalue weighted by molar-refractivity contribution is 6.07. The number of halogens is 1. The van der Waals surface area contributed by atoms with E-state index in [4.69, 9.17) is 0 Å². The average Bonchev–Trinajstić information content (AvgIpc) is 2.59. The molecule has 122 valence electrons. The summed E-state index contributed by atoms with van der Waals surface area (Å²) >= 11 is 0. The SMILES string of the molecule is Cc1ccc(F)cc1NC(=O)C1=CCC(=O)N(c2ccccc2)N1. The first-order chi connectivity index (χ1) is 11.5. The first kappa shape index (κ1) is 15.7. The molecule has 0 spiro atoms. The molecule has 0 saturated carbocycles. The van der Waals surface area contributed by atoms with Crippen LogP contribution >= 0.6 is 0 Å². The molecule has 1 aliphatic rings. The molecule has 2 aromatic carbocycles. The highest BCUT2D eigenvalue weighted by Gasteiger charge is 2.24. The van der Waals surface area contributed by atoms with E-state index in [0.29, 0.717) is 11.4 Å². The van der Waals surface area contributed by atoms with Crippen molar-refractivity contribution in [1.29, 1.82) is 0 Å². The molecular weight excluding hydrogens is 309 g/mol. The summed E-state index contributed by atoms with van der Waals surface area (Å²) in [4.78, 5) is 24.5. The fraction of sp³-hybridized carbons (Fsp3) is 0.111. The standard InChI is InChI=1S/C18H16FN3O2/c1-12-7-8-13(19)11-16(12)20-18(24)15-9-10-17(23)22(21-15)14-5-3-2-4-6-14/h2-9,11,21H,10H2,1H3,(H,20,24). The normalized spacial score (nSPS) is 14.0. The van der Waals surface area contributed by atoms with Crippen LogP contribution in [0, 0.1) is 12.7 Å². The van der Waals surface area contributed by atoms with Gasteiger partial charge in [-0.1, -0.05) is 24.3 Å². The van der Waals surface area contributed by atoms with Crippen molar-refractivity contribution in [3.8, 4) is 0 Å². The predicted molar refractivity (Wildman–Crippen MR) is 89.5 cm³/mol. The number of carbonyl (C=O) groups excluding carboxylic acids is 2. The van der Waals surface area contributed by atoms with Crippen LogP contribution in [0.4, 0.5) is 15.8 Å². The molecule has 24 heavy (non-hydrogen) atoms. The Morgan fingerprint density at radius 3 is 2.71 bits per heavy atom. The fourth-order valence-electron chi connectivity index (χ4n) is 2.36. The molecule has 3 rings (SSSR count). The summed E-state index contributed by atoms with van der Waals surface area (Å²) in [6.07, 6.45) is 1.62. The minimum atomic E-state index is -0.433. The molecule has 5 nitrogen and oxygen atoms in total. The quantitative estimate of drug-likeness (QED) is 0.912. The Hall–Kier alpha value is -3.15. The van der Waals surface area contributed by atoms with E-state index in [1.807, 2.05) is 6.07 Å². The molecule has 0 fully saturated rings. The minimum absolute atomic E-state index is 0.104. The van der Waals surface area contributed by atoms with E-state index in [2.05, 4.69) is 10.7 Å². The molecule has 0 saturated heterocycles. The van der Waals surface area contributed by atoms with Crippen LogP contribution in [0.25, 0.3) is 0 Å². The van der Waals surface area contributed by atoms with Crippen LogP contribution in [-0.4, -0.2) is 11.8 Å². The molecule has 2 aromatic rings. The monoisotopic (exact) mass is 325 g/mol. The van der Waals surface area contributed by atoms with Gasteiger partial charge in [-0.3, -0.25) is 15.0 Å². The molecule has 0 atom stereocenters. The summed E-state index contributed by atoms with van der Waals surface area (Å²) < 4.78 is 13.3. The van der Waals surface area contributed by atoms with E-state index in [0.717, 1.165) is 5.56 Å². The second-order valence-corrected chi connectivity index (χ2v) is 5.41. The van der Waals surface area contributed by atoms with Crippen molar-refractivity contribution in [1.82, 2.24) is 5.43 Å². The maximum atomic E-state index is 13.3. The van der Waals surface area contributed by atoms with Crippen LogP contribution in [0.2, 0.25) is 0 Å². The number of hydrazine groups is 1. The van der Waals surface area contributed by atoms with Gasteiger partial charge in [0, 0.05) is 12.1 Å². The van der Waals surface area contributed by atoms with Gasteiger partial charge in [-0.15, -0.1) is 0 Å². The number of hydrogen-bond acceptors (Lipinski definition) is 3. The highest BCUT2D eigenvalue weighted by Crippen LogP contribution is 2.20. The van der Waals surface area contributed by atoms with Gasteiger partial charge >= 0.3 is 0 Å². The number of amides is 2. The summed E-state index contributed by atoms with van der Waals surface area (Å²) in [5.74, 6) is -1.03. The van der Waals surface area contributed by atoms with E-state index < -0.39 is 11.7 Å². The highest BCUT2D eigenvalue weighted by atomic mass is 19.1. The number of benzene rings is 2. The zero-order valence-corrected chi connectivity index (χ0v) is 13.0. The summed E-state index contributed by atoms with van der Waals surface area (Å²) in [7, 11) is 0. The van der Waals surface area contributed by atoms with Gasteiger partial charge in [0.1, 0.15) is 11.5 Å². The van der Waals surface area contributed by atoms with E-state index in [1.54, 1.807) is 37.3 Å². The van der Waals surface area contributed by atoms with Crippen LogP contribution < -0.4 is 15.8 Å². The van der Waals surface area contributed by atoms with Gasteiger partial charge in [0.25, 0.3) is 5.91 Å². The van der Waals surface area contributed by atoms with E-state index in [1.165, 1.54) is 23.2 Å². The Kier molecular flexibility index (Phi) is 4.29. The van der Waals surface area contributed by atoms with E-state index in [9.17, 15) is 14.0 Å². The van der Waals surface area contributed by atoms with Crippen molar-refractivity contribution in [2.75, 3.05) is 10.3 Å². The third-order valence-corrected chi connectivity index (χ3v) is 3.67. The third kappa shape index (κ3) is 3.27. The Bertz CT molecular complexity index is 818. The number of para-hydroxylation sites is 1. The second-order valence-electron chi connectivity index (χ2n) is 5.41. The third-order valence-electron chi connectivity index (χ3n) is 3.67. The molecule has 6 heteroatoms. The maximum absolute atomic E-state index is 13.3. The van der Waals surface area contributed by atoms with Crippen LogP contribution in [-0.2, 0) is 9.59 Å². The van der Waals surface area contributed by atoms with Gasteiger partial charge in [0.05, 0.1) is 5.69 Å². The minimum Gasteiger partial charge on any atom is -0.320 e. The molecule has 1 aliphatic heterocycles. The zero-order valence-electron chi connectivity index (χ0n) is 13.0. The van der Waals surface area contributed by atoms with Crippen molar-refractivity contribution < 1.29 is 14.0 Å². The first-order valence-corrected chi connectivity index (χ1v) is 7.47. The van der Waals surface area contributed by atoms with Crippen molar-refractivity contribution in [2.45, 2.75) is 13.3 Å². The van der Waals surface area contributed by atoms with Gasteiger partial charge in [-0.25, -0.2) is 9.40 Å². The summed E-state index contributed by atoms with van der Waals surface area (Å²) in [6, 6.07) is 13.2. The molecule has 0 radical (unpaired) electrons. The van der Waals surface area contributed by atoms with Crippen molar-refractivity contribution in [3.05, 3.63) is 71.7 Å². The van der Waals surface area contributed by atoms with Crippen molar-refractivity contribution in [2.24, 2.45) is 0 Å². The van der Waals surface area contributed by atoms with Crippen LogP contribution in [0.1, 0.15) is 12.0 Å². The largest absolute Gasteiger partial charge is 0.320 e. The summed E-state index contributed by atoms with van der Waals surface area (Å²) in [6.45, 7) is 1.78. The first-order valence-electron chi connectivity index (χ1n) is 7.47. The molecule has 0 bridgehead atoms. The Balaban J connectivity index is 1.78. The van der Waals surface area contributed by atoms with E-state index in [-0.39, 0.29) is 18.0 Å². The van der Waals surface area contributed by atoms with Gasteiger partial charge in [0.2, 0.25) is 5.91 Å². The zero-order chi connectivity index (χ0) is 17.1. The topological polar surface area (TPSA) is 61.4 Å². The predicted octanol–water partition coefficient (Wildman–Crippen LogP) is 2.90. The average molecular weight is 325 g/mol. The van der Waals surface area contributed by atoms with Gasteiger partial charge in [-0.05, 0) is 42.8 Å². The number of rotatable bonds is 3. The van der Waals surface area contributed by atoms with Gasteiger partial charge < -0.3 is 5.32 Å². The molecule has 1 heterocycles. The maximum Gasteiger partial charge on any atom is 0.273 e. The smallest absolute Gasteiger partial charge is 0.273 e. The van der Waals surface area contributed by atoms with Gasteiger partial charge in [0.15, 0.2) is 0 Å². The molecule has 2 amide bonds. The Morgan fingerprint density at radius 1 is 1.21 bits per heavy atom. The second kappa shape index (κ2) is 6.54. The number of aryl methyl sites for hydroxylation is 1. The Labute approximate surface area is 138 Å². The van der Waals surface area contributed by atoms with E-state index >= 15 is 0 Å². The lowest BCUT2D eigenvalue weighted by Crippen LogP contribution is -2.47.